The van der Waals surface area contributed by atoms with Gasteiger partial charge in [0.05, 0.1) is 18.7 Å². The predicted octanol–water partition coefficient (Wildman–Crippen LogP) is 2.60. The minimum atomic E-state index is -0.364. The highest BCUT2D eigenvalue weighted by molar-refractivity contribution is 7.17. The Hall–Kier alpha value is -2.41. The van der Waals surface area contributed by atoms with Gasteiger partial charge in [-0.2, -0.15) is 0 Å². The van der Waals surface area contributed by atoms with Gasteiger partial charge in [-0.3, -0.25) is 4.79 Å². The van der Waals surface area contributed by atoms with Crippen molar-refractivity contribution in [2.75, 3.05) is 38.2 Å². The van der Waals surface area contributed by atoms with Crippen molar-refractivity contribution in [3.63, 3.8) is 0 Å². The number of carbonyl (C=O) groups is 2. The molecule has 1 aromatic heterocycles. The van der Waals surface area contributed by atoms with Crippen LogP contribution in [0.25, 0.3) is 0 Å². The number of benzene rings is 1. The van der Waals surface area contributed by atoms with Crippen LogP contribution in [0.4, 0.5) is 5.13 Å². The van der Waals surface area contributed by atoms with Crippen LogP contribution < -0.4 is 4.90 Å². The zero-order chi connectivity index (χ0) is 18.9. The number of thiazole rings is 1. The van der Waals surface area contributed by atoms with E-state index in [2.05, 4.69) is 22.0 Å². The predicted molar refractivity (Wildman–Crippen MR) is 104 cm³/mol. The van der Waals surface area contributed by atoms with Crippen LogP contribution in [0.2, 0.25) is 0 Å². The molecule has 2 aliphatic heterocycles. The fourth-order valence-corrected chi connectivity index (χ4v) is 4.89. The summed E-state index contributed by atoms with van der Waals surface area (Å²) in [5.74, 6) is -0.0950. The van der Waals surface area contributed by atoms with Crippen molar-refractivity contribution in [2.45, 2.75) is 19.3 Å². The Labute approximate surface area is 162 Å². The molecule has 2 fully saturated rings. The van der Waals surface area contributed by atoms with Gasteiger partial charge in [-0.1, -0.05) is 41.7 Å². The Morgan fingerprint density at radius 3 is 2.81 bits per heavy atom. The lowest BCUT2D eigenvalue weighted by atomic mass is 9.85. The van der Waals surface area contributed by atoms with Crippen molar-refractivity contribution in [3.8, 4) is 0 Å². The summed E-state index contributed by atoms with van der Waals surface area (Å²) in [5, 5.41) is 0.794. The van der Waals surface area contributed by atoms with Gasteiger partial charge in [-0.15, -0.1) is 0 Å². The zero-order valence-corrected chi connectivity index (χ0v) is 16.2. The fraction of sp³-hybridized carbons (Fsp3) is 0.450. The summed E-state index contributed by atoms with van der Waals surface area (Å²) in [4.78, 5) is 33.7. The van der Waals surface area contributed by atoms with E-state index in [1.807, 2.05) is 23.1 Å². The van der Waals surface area contributed by atoms with Gasteiger partial charge in [0.15, 0.2) is 5.13 Å². The standard InChI is InChI=1S/C20H23N3O3S/c1-26-17(24)16-13-21-19(27-16)23-12-9-20(14-23)8-11-22(18(20)25)10-7-15-5-3-2-4-6-15/h2-6,13H,7-12,14H2,1H3. The van der Waals surface area contributed by atoms with E-state index in [0.717, 1.165) is 44.0 Å². The minimum Gasteiger partial charge on any atom is -0.465 e. The number of rotatable bonds is 5. The molecule has 0 bridgehead atoms. The number of amides is 1. The third-order valence-electron chi connectivity index (χ3n) is 5.62. The molecule has 6 nitrogen and oxygen atoms in total. The molecule has 4 rings (SSSR count). The van der Waals surface area contributed by atoms with Crippen molar-refractivity contribution in [1.29, 1.82) is 0 Å². The Balaban J connectivity index is 1.39. The van der Waals surface area contributed by atoms with Gasteiger partial charge in [-0.25, -0.2) is 9.78 Å². The van der Waals surface area contributed by atoms with Gasteiger partial charge in [-0.05, 0) is 24.8 Å². The van der Waals surface area contributed by atoms with Gasteiger partial charge in [0.2, 0.25) is 5.91 Å². The lowest BCUT2D eigenvalue weighted by Gasteiger charge is -2.23. The number of hydrogen-bond donors (Lipinski definition) is 0. The Morgan fingerprint density at radius 2 is 2.04 bits per heavy atom. The number of esters is 1. The van der Waals surface area contributed by atoms with Gasteiger partial charge >= 0.3 is 5.97 Å². The van der Waals surface area contributed by atoms with Crippen molar-refractivity contribution < 1.29 is 14.3 Å². The van der Waals surface area contributed by atoms with E-state index in [1.54, 1.807) is 6.20 Å². The zero-order valence-electron chi connectivity index (χ0n) is 15.4. The molecule has 27 heavy (non-hydrogen) atoms. The smallest absolute Gasteiger partial charge is 0.349 e. The maximum atomic E-state index is 13.1. The molecule has 1 aromatic carbocycles. The maximum Gasteiger partial charge on any atom is 0.349 e. The molecule has 1 amide bonds. The number of aromatic nitrogens is 1. The second kappa shape index (κ2) is 7.31. The average molecular weight is 385 g/mol. The summed E-state index contributed by atoms with van der Waals surface area (Å²) in [6.07, 6.45) is 4.19. The minimum absolute atomic E-state index is 0.269. The molecule has 2 aromatic rings. The number of ether oxygens (including phenoxy) is 1. The number of hydrogen-bond acceptors (Lipinski definition) is 6. The highest BCUT2D eigenvalue weighted by Gasteiger charge is 2.50. The molecule has 1 atom stereocenters. The van der Waals surface area contributed by atoms with Gasteiger partial charge in [0.25, 0.3) is 0 Å². The molecule has 7 heteroatoms. The van der Waals surface area contributed by atoms with E-state index >= 15 is 0 Å². The van der Waals surface area contributed by atoms with Crippen LogP contribution in [-0.2, 0) is 16.0 Å². The first-order valence-corrected chi connectivity index (χ1v) is 10.1. The second-order valence-corrected chi connectivity index (χ2v) is 8.24. The Kier molecular flexibility index (Phi) is 4.86. The highest BCUT2D eigenvalue weighted by Crippen LogP contribution is 2.42. The molecule has 1 spiro atoms. The summed E-state index contributed by atoms with van der Waals surface area (Å²) < 4.78 is 4.75. The van der Waals surface area contributed by atoms with Crippen molar-refractivity contribution >= 4 is 28.3 Å². The molecular weight excluding hydrogens is 362 g/mol. The van der Waals surface area contributed by atoms with Crippen LogP contribution in [0.1, 0.15) is 28.1 Å². The van der Waals surface area contributed by atoms with E-state index in [1.165, 1.54) is 24.0 Å². The number of anilines is 1. The Bertz CT molecular complexity index is 838. The van der Waals surface area contributed by atoms with E-state index in [4.69, 9.17) is 4.74 Å². The summed E-state index contributed by atoms with van der Waals surface area (Å²) in [7, 11) is 1.37. The van der Waals surface area contributed by atoms with E-state index < -0.39 is 0 Å². The molecule has 142 valence electrons. The van der Waals surface area contributed by atoms with Crippen molar-refractivity contribution in [1.82, 2.24) is 9.88 Å². The largest absolute Gasteiger partial charge is 0.465 e. The monoisotopic (exact) mass is 385 g/mol. The quantitative estimate of drug-likeness (QED) is 0.741. The number of nitrogens with zero attached hydrogens (tertiary/aromatic N) is 3. The highest BCUT2D eigenvalue weighted by atomic mass is 32.1. The third-order valence-corrected chi connectivity index (χ3v) is 6.66. The maximum absolute atomic E-state index is 13.1. The first-order valence-electron chi connectivity index (χ1n) is 9.24. The van der Waals surface area contributed by atoms with Crippen LogP contribution >= 0.6 is 11.3 Å². The number of carbonyl (C=O) groups excluding carboxylic acids is 2. The molecule has 0 saturated carbocycles. The fourth-order valence-electron chi connectivity index (χ4n) is 4.04. The van der Waals surface area contributed by atoms with Crippen LogP contribution in [-0.4, -0.2) is 55.0 Å². The second-order valence-electron chi connectivity index (χ2n) is 7.23. The van der Waals surface area contributed by atoms with Crippen LogP contribution in [0.5, 0.6) is 0 Å². The number of likely N-dealkylation sites (tertiary alicyclic amines) is 1. The Morgan fingerprint density at radius 1 is 1.26 bits per heavy atom. The molecule has 1 unspecified atom stereocenters. The summed E-state index contributed by atoms with van der Waals surface area (Å²) in [6.45, 7) is 3.08. The summed E-state index contributed by atoms with van der Waals surface area (Å²) in [5.41, 5.74) is 0.964. The average Bonchev–Trinajstić information content (AvgIpc) is 3.42. The van der Waals surface area contributed by atoms with E-state index in [0.29, 0.717) is 11.4 Å². The molecule has 0 N–H and O–H groups in total. The molecule has 2 aliphatic rings. The third kappa shape index (κ3) is 3.43. The normalized spacial score (nSPS) is 22.0. The molecule has 0 aliphatic carbocycles. The van der Waals surface area contributed by atoms with E-state index in [-0.39, 0.29) is 17.3 Å². The SMILES string of the molecule is COC(=O)c1cnc(N2CCC3(CCN(CCc4ccccc4)C3=O)C2)s1. The van der Waals surface area contributed by atoms with Crippen molar-refractivity contribution in [2.24, 2.45) is 5.41 Å². The molecule has 0 radical (unpaired) electrons. The number of methoxy groups -OCH3 is 1. The molecule has 2 saturated heterocycles. The van der Waals surface area contributed by atoms with Crippen LogP contribution in [0.15, 0.2) is 36.5 Å². The molecular formula is C20H23N3O3S. The first-order chi connectivity index (χ1) is 13.1. The summed E-state index contributed by atoms with van der Waals surface area (Å²) in [6, 6.07) is 10.3. The summed E-state index contributed by atoms with van der Waals surface area (Å²) >= 11 is 1.33. The van der Waals surface area contributed by atoms with Gasteiger partial charge in [0.1, 0.15) is 4.88 Å². The van der Waals surface area contributed by atoms with Crippen LogP contribution in [0.3, 0.4) is 0 Å². The van der Waals surface area contributed by atoms with E-state index in [9.17, 15) is 9.59 Å². The van der Waals surface area contributed by atoms with Gasteiger partial charge < -0.3 is 14.5 Å². The molecule has 3 heterocycles. The van der Waals surface area contributed by atoms with Crippen LogP contribution in [0, 0.1) is 5.41 Å². The van der Waals surface area contributed by atoms with Crippen molar-refractivity contribution in [3.05, 3.63) is 47.0 Å². The lowest BCUT2D eigenvalue weighted by molar-refractivity contribution is -0.135. The first kappa shape index (κ1) is 18.0. The lowest BCUT2D eigenvalue weighted by Crippen LogP contribution is -2.37. The topological polar surface area (TPSA) is 62.7 Å². The van der Waals surface area contributed by atoms with Gasteiger partial charge in [0, 0.05) is 26.2 Å².